The van der Waals surface area contributed by atoms with Crippen molar-refractivity contribution in [2.45, 2.75) is 6.42 Å². The van der Waals surface area contributed by atoms with Crippen molar-refractivity contribution in [2.24, 2.45) is 0 Å². The molecule has 2 aromatic rings. The summed E-state index contributed by atoms with van der Waals surface area (Å²) in [5.41, 5.74) is 0.191. The van der Waals surface area contributed by atoms with Gasteiger partial charge in [0.25, 0.3) is 11.6 Å². The van der Waals surface area contributed by atoms with E-state index in [4.69, 9.17) is 4.74 Å². The van der Waals surface area contributed by atoms with Gasteiger partial charge >= 0.3 is 5.97 Å². The number of hydrogen-bond acceptors (Lipinski definition) is 7. The number of nitro groups is 1. The molecule has 0 spiro atoms. The first-order valence-electron chi connectivity index (χ1n) is 7.80. The molecule has 1 amide bonds. The van der Waals surface area contributed by atoms with Gasteiger partial charge in [0.1, 0.15) is 5.69 Å². The van der Waals surface area contributed by atoms with E-state index in [1.807, 2.05) is 17.5 Å². The van der Waals surface area contributed by atoms with Crippen molar-refractivity contribution >= 4 is 34.6 Å². The number of nitrogens with one attached hydrogen (secondary N) is 1. The number of anilines is 1. The maximum absolute atomic E-state index is 12.0. The molecular weight excluding hydrogens is 358 g/mol. The SMILES string of the molecule is CN(C)c1ccc(C(=O)OCC(=O)NCCc2cccs2)cc1[N+](=O)[O-]. The molecule has 138 valence electrons. The Morgan fingerprint density at radius 3 is 2.69 bits per heavy atom. The number of nitro benzene ring substituents is 1. The Balaban J connectivity index is 1.87. The summed E-state index contributed by atoms with van der Waals surface area (Å²) in [6.07, 6.45) is 0.704. The number of carbonyl (C=O) groups excluding carboxylic acids is 2. The fourth-order valence-electron chi connectivity index (χ4n) is 2.22. The number of thiophene rings is 1. The minimum absolute atomic E-state index is 0.0219. The number of esters is 1. The van der Waals surface area contributed by atoms with Gasteiger partial charge in [0.05, 0.1) is 10.5 Å². The van der Waals surface area contributed by atoms with Gasteiger partial charge in [0.2, 0.25) is 0 Å². The molecular formula is C17H19N3O5S. The number of hydrogen-bond donors (Lipinski definition) is 1. The second-order valence-corrected chi connectivity index (χ2v) is 6.64. The first-order valence-corrected chi connectivity index (χ1v) is 8.68. The Bertz CT molecular complexity index is 790. The molecule has 1 aromatic carbocycles. The van der Waals surface area contributed by atoms with Gasteiger partial charge in [-0.05, 0) is 30.0 Å². The van der Waals surface area contributed by atoms with Gasteiger partial charge in [0, 0.05) is 31.6 Å². The van der Waals surface area contributed by atoms with Crippen LogP contribution in [0.15, 0.2) is 35.7 Å². The summed E-state index contributed by atoms with van der Waals surface area (Å²) in [6.45, 7) is 0.00635. The van der Waals surface area contributed by atoms with Gasteiger partial charge in [-0.25, -0.2) is 4.79 Å². The molecule has 0 aliphatic rings. The number of amides is 1. The summed E-state index contributed by atoms with van der Waals surface area (Å²) in [4.78, 5) is 37.1. The van der Waals surface area contributed by atoms with E-state index in [0.717, 1.165) is 10.9 Å². The van der Waals surface area contributed by atoms with Crippen molar-refractivity contribution in [1.82, 2.24) is 5.32 Å². The average Bonchev–Trinajstić information content (AvgIpc) is 3.12. The fraction of sp³-hybridized carbons (Fsp3) is 0.294. The molecule has 0 aliphatic carbocycles. The molecule has 0 saturated heterocycles. The molecule has 0 bridgehead atoms. The first kappa shape index (κ1) is 19.4. The molecule has 0 unspecified atom stereocenters. The maximum Gasteiger partial charge on any atom is 0.338 e. The van der Waals surface area contributed by atoms with Crippen LogP contribution in [-0.2, 0) is 16.0 Å². The standard InChI is InChI=1S/C17H19N3O5S/c1-19(2)14-6-5-12(10-15(14)20(23)24)17(22)25-11-16(21)18-8-7-13-4-3-9-26-13/h3-6,9-10H,7-8,11H2,1-2H3,(H,18,21). The van der Waals surface area contributed by atoms with Gasteiger partial charge in [-0.1, -0.05) is 6.07 Å². The Labute approximate surface area is 154 Å². The van der Waals surface area contributed by atoms with Gasteiger partial charge < -0.3 is 15.0 Å². The van der Waals surface area contributed by atoms with Gasteiger partial charge in [-0.15, -0.1) is 11.3 Å². The zero-order valence-corrected chi connectivity index (χ0v) is 15.2. The van der Waals surface area contributed by atoms with Crippen molar-refractivity contribution in [1.29, 1.82) is 0 Å². The van der Waals surface area contributed by atoms with Crippen LogP contribution in [0.3, 0.4) is 0 Å². The van der Waals surface area contributed by atoms with Crippen LogP contribution in [0.1, 0.15) is 15.2 Å². The van der Waals surface area contributed by atoms with Crippen molar-refractivity contribution in [3.8, 4) is 0 Å². The first-order chi connectivity index (χ1) is 12.4. The summed E-state index contributed by atoms with van der Waals surface area (Å²) < 4.78 is 4.93. The molecule has 0 radical (unpaired) electrons. The molecule has 8 nitrogen and oxygen atoms in total. The Hall–Kier alpha value is -2.94. The van der Waals surface area contributed by atoms with Crippen molar-refractivity contribution in [3.05, 3.63) is 56.3 Å². The molecule has 0 fully saturated rings. The smallest absolute Gasteiger partial charge is 0.338 e. The summed E-state index contributed by atoms with van der Waals surface area (Å²) in [5.74, 6) is -1.21. The van der Waals surface area contributed by atoms with Gasteiger partial charge in [-0.2, -0.15) is 0 Å². The quantitative estimate of drug-likeness (QED) is 0.430. The third-order valence-corrected chi connectivity index (χ3v) is 4.43. The number of nitrogens with zero attached hydrogens (tertiary/aromatic N) is 2. The molecule has 1 aromatic heterocycles. The minimum Gasteiger partial charge on any atom is -0.452 e. The monoisotopic (exact) mass is 377 g/mol. The zero-order chi connectivity index (χ0) is 19.1. The molecule has 0 saturated carbocycles. The number of rotatable bonds is 8. The van der Waals surface area contributed by atoms with Crippen LogP contribution >= 0.6 is 11.3 Å². The lowest BCUT2D eigenvalue weighted by Crippen LogP contribution is -2.30. The normalized spacial score (nSPS) is 10.2. The molecule has 2 rings (SSSR count). The molecule has 0 aliphatic heterocycles. The van der Waals surface area contributed by atoms with E-state index in [0.29, 0.717) is 18.7 Å². The molecule has 0 atom stereocenters. The lowest BCUT2D eigenvalue weighted by molar-refractivity contribution is -0.384. The summed E-state index contributed by atoms with van der Waals surface area (Å²) >= 11 is 1.60. The average molecular weight is 377 g/mol. The van der Waals surface area contributed by atoms with E-state index in [9.17, 15) is 19.7 Å². The van der Waals surface area contributed by atoms with Crippen LogP contribution in [-0.4, -0.2) is 44.0 Å². The van der Waals surface area contributed by atoms with E-state index in [2.05, 4.69) is 5.32 Å². The summed E-state index contributed by atoms with van der Waals surface area (Å²) in [5, 5.41) is 15.8. The van der Waals surface area contributed by atoms with Crippen molar-refractivity contribution < 1.29 is 19.2 Å². The van der Waals surface area contributed by atoms with E-state index < -0.39 is 23.4 Å². The van der Waals surface area contributed by atoms with Crippen molar-refractivity contribution in [2.75, 3.05) is 32.1 Å². The van der Waals surface area contributed by atoms with E-state index in [-0.39, 0.29) is 11.3 Å². The van der Waals surface area contributed by atoms with E-state index >= 15 is 0 Å². The Kier molecular flexibility index (Phi) is 6.67. The lowest BCUT2D eigenvalue weighted by atomic mass is 10.1. The summed E-state index contributed by atoms with van der Waals surface area (Å²) in [6, 6.07) is 7.95. The Morgan fingerprint density at radius 2 is 2.08 bits per heavy atom. The highest BCUT2D eigenvalue weighted by Gasteiger charge is 2.20. The van der Waals surface area contributed by atoms with E-state index in [1.54, 1.807) is 30.3 Å². The predicted molar refractivity (Wildman–Crippen MR) is 98.7 cm³/mol. The largest absolute Gasteiger partial charge is 0.452 e. The zero-order valence-electron chi connectivity index (χ0n) is 14.4. The van der Waals surface area contributed by atoms with Crippen LogP contribution in [0.25, 0.3) is 0 Å². The topological polar surface area (TPSA) is 102 Å². The van der Waals surface area contributed by atoms with Crippen LogP contribution in [0.2, 0.25) is 0 Å². The second kappa shape index (κ2) is 8.95. The summed E-state index contributed by atoms with van der Waals surface area (Å²) in [7, 11) is 3.34. The third-order valence-electron chi connectivity index (χ3n) is 3.50. The molecule has 9 heteroatoms. The van der Waals surface area contributed by atoms with Crippen LogP contribution in [0, 0.1) is 10.1 Å². The number of benzene rings is 1. The second-order valence-electron chi connectivity index (χ2n) is 5.61. The highest BCUT2D eigenvalue weighted by Crippen LogP contribution is 2.27. The van der Waals surface area contributed by atoms with E-state index in [1.165, 1.54) is 12.1 Å². The van der Waals surface area contributed by atoms with Crippen molar-refractivity contribution in [3.63, 3.8) is 0 Å². The van der Waals surface area contributed by atoms with Crippen LogP contribution < -0.4 is 10.2 Å². The Morgan fingerprint density at radius 1 is 1.31 bits per heavy atom. The predicted octanol–water partition coefficient (Wildman–Crippen LogP) is 2.24. The molecule has 26 heavy (non-hydrogen) atoms. The van der Waals surface area contributed by atoms with Crippen LogP contribution in [0.5, 0.6) is 0 Å². The highest BCUT2D eigenvalue weighted by atomic mass is 32.1. The van der Waals surface area contributed by atoms with Crippen LogP contribution in [0.4, 0.5) is 11.4 Å². The lowest BCUT2D eigenvalue weighted by Gasteiger charge is -2.13. The number of carbonyl (C=O) groups is 2. The van der Waals surface area contributed by atoms with Gasteiger partial charge in [0.15, 0.2) is 6.61 Å². The molecule has 1 N–H and O–H groups in total. The minimum atomic E-state index is -0.785. The van der Waals surface area contributed by atoms with Gasteiger partial charge in [-0.3, -0.25) is 14.9 Å². The fourth-order valence-corrected chi connectivity index (χ4v) is 2.93. The third kappa shape index (κ3) is 5.28. The molecule has 1 heterocycles. The maximum atomic E-state index is 12.0. The highest BCUT2D eigenvalue weighted by molar-refractivity contribution is 7.09. The number of ether oxygens (including phenoxy) is 1.